The number of esters is 1. The van der Waals surface area contributed by atoms with Crippen molar-refractivity contribution in [3.8, 4) is 11.1 Å². The highest BCUT2D eigenvalue weighted by Crippen LogP contribution is 2.23. The van der Waals surface area contributed by atoms with Gasteiger partial charge in [0.1, 0.15) is 0 Å². The topological polar surface area (TPSA) is 26.3 Å². The van der Waals surface area contributed by atoms with Gasteiger partial charge in [0.15, 0.2) is 0 Å². The summed E-state index contributed by atoms with van der Waals surface area (Å²) in [5.41, 5.74) is 3.35. The van der Waals surface area contributed by atoms with Gasteiger partial charge in [0.05, 0.1) is 12.2 Å². The van der Waals surface area contributed by atoms with Crippen LogP contribution >= 0.6 is 0 Å². The summed E-state index contributed by atoms with van der Waals surface area (Å²) < 4.78 is 4.97. The summed E-state index contributed by atoms with van der Waals surface area (Å²) in [7, 11) is 0. The largest absolute Gasteiger partial charge is 0.462 e. The fourth-order valence-corrected chi connectivity index (χ4v) is 1.85. The highest BCUT2D eigenvalue weighted by Gasteiger charge is 2.10. The lowest BCUT2D eigenvalue weighted by Gasteiger charge is -2.08. The van der Waals surface area contributed by atoms with E-state index in [1.807, 2.05) is 54.6 Å². The quantitative estimate of drug-likeness (QED) is 0.608. The van der Waals surface area contributed by atoms with Crippen molar-refractivity contribution in [2.45, 2.75) is 6.92 Å². The Bertz CT molecular complexity index is 585. The van der Waals surface area contributed by atoms with Crippen LogP contribution in [0.1, 0.15) is 12.5 Å². The van der Waals surface area contributed by atoms with Crippen LogP contribution in [-0.2, 0) is 9.53 Å². The Morgan fingerprint density at radius 3 is 2.42 bits per heavy atom. The molecule has 0 aliphatic heterocycles. The second-order valence-corrected chi connectivity index (χ2v) is 4.15. The Morgan fingerprint density at radius 1 is 1.05 bits per heavy atom. The van der Waals surface area contributed by atoms with Gasteiger partial charge >= 0.3 is 5.97 Å². The van der Waals surface area contributed by atoms with Gasteiger partial charge in [0.2, 0.25) is 0 Å². The number of benzene rings is 2. The monoisotopic (exact) mass is 252 g/mol. The van der Waals surface area contributed by atoms with Crippen LogP contribution < -0.4 is 0 Å². The molecule has 0 spiro atoms. The third-order valence-electron chi connectivity index (χ3n) is 2.84. The Kier molecular flexibility index (Phi) is 4.14. The zero-order chi connectivity index (χ0) is 13.7. The van der Waals surface area contributed by atoms with E-state index in [0.29, 0.717) is 12.2 Å². The van der Waals surface area contributed by atoms with Crippen molar-refractivity contribution in [1.29, 1.82) is 0 Å². The van der Waals surface area contributed by atoms with Gasteiger partial charge in [-0.3, -0.25) is 0 Å². The molecule has 0 saturated carbocycles. The van der Waals surface area contributed by atoms with E-state index in [-0.39, 0.29) is 5.97 Å². The molecule has 0 aliphatic carbocycles. The molecule has 2 rings (SSSR count). The summed E-state index contributed by atoms with van der Waals surface area (Å²) in [6, 6.07) is 17.8. The smallest absolute Gasteiger partial charge is 0.338 e. The van der Waals surface area contributed by atoms with E-state index in [1.54, 1.807) is 6.92 Å². The van der Waals surface area contributed by atoms with Gasteiger partial charge in [-0.2, -0.15) is 0 Å². The van der Waals surface area contributed by atoms with E-state index in [0.717, 1.165) is 16.7 Å². The van der Waals surface area contributed by atoms with E-state index in [1.165, 1.54) is 0 Å². The lowest BCUT2D eigenvalue weighted by atomic mass is 10.00. The van der Waals surface area contributed by atoms with Gasteiger partial charge in [-0.15, -0.1) is 0 Å². The minimum Gasteiger partial charge on any atom is -0.462 e. The lowest BCUT2D eigenvalue weighted by molar-refractivity contribution is -0.136. The number of carbonyl (C=O) groups is 1. The maximum absolute atomic E-state index is 11.7. The second-order valence-electron chi connectivity index (χ2n) is 4.15. The van der Waals surface area contributed by atoms with Crippen LogP contribution in [0.5, 0.6) is 0 Å². The van der Waals surface area contributed by atoms with Gasteiger partial charge in [0, 0.05) is 0 Å². The summed E-state index contributed by atoms with van der Waals surface area (Å²) in [5, 5.41) is 0. The zero-order valence-corrected chi connectivity index (χ0v) is 10.9. The minimum absolute atomic E-state index is 0.357. The van der Waals surface area contributed by atoms with Crippen LogP contribution in [0.4, 0.5) is 0 Å². The van der Waals surface area contributed by atoms with Crippen LogP contribution in [0.15, 0.2) is 61.2 Å². The molecule has 0 saturated heterocycles. The number of hydrogen-bond donors (Lipinski definition) is 0. The molecular weight excluding hydrogens is 236 g/mol. The molecule has 0 aliphatic rings. The Labute approximate surface area is 113 Å². The Hall–Kier alpha value is -2.35. The van der Waals surface area contributed by atoms with E-state index in [9.17, 15) is 4.79 Å². The van der Waals surface area contributed by atoms with Gasteiger partial charge in [-0.05, 0) is 29.7 Å². The Balaban J connectivity index is 2.30. The number of carbonyl (C=O) groups excluding carboxylic acids is 1. The predicted molar refractivity (Wildman–Crippen MR) is 77.5 cm³/mol. The first-order valence-electron chi connectivity index (χ1n) is 6.24. The van der Waals surface area contributed by atoms with Crippen molar-refractivity contribution in [2.24, 2.45) is 0 Å². The summed E-state index contributed by atoms with van der Waals surface area (Å²) >= 11 is 0. The molecule has 2 nitrogen and oxygen atoms in total. The third kappa shape index (κ3) is 3.10. The van der Waals surface area contributed by atoms with Crippen LogP contribution in [-0.4, -0.2) is 12.6 Å². The molecule has 0 bridgehead atoms. The minimum atomic E-state index is -0.368. The lowest BCUT2D eigenvalue weighted by Crippen LogP contribution is -2.05. The average molecular weight is 252 g/mol. The molecule has 2 heteroatoms. The first-order valence-corrected chi connectivity index (χ1v) is 6.24. The molecule has 0 atom stereocenters. The van der Waals surface area contributed by atoms with E-state index < -0.39 is 0 Å². The molecule has 2 aromatic rings. The SMILES string of the molecule is C=C(C(=O)OCC)c1cccc(-c2ccccc2)c1. The van der Waals surface area contributed by atoms with E-state index >= 15 is 0 Å². The van der Waals surface area contributed by atoms with Gasteiger partial charge in [0.25, 0.3) is 0 Å². The van der Waals surface area contributed by atoms with Crippen molar-refractivity contribution >= 4 is 11.5 Å². The average Bonchev–Trinajstić information content (AvgIpc) is 2.48. The standard InChI is InChI=1S/C17H16O2/c1-3-19-17(18)13(2)15-10-7-11-16(12-15)14-8-5-4-6-9-14/h4-12H,2-3H2,1H3. The molecule has 0 N–H and O–H groups in total. The summed E-state index contributed by atoms with van der Waals surface area (Å²) in [6.45, 7) is 5.94. The zero-order valence-electron chi connectivity index (χ0n) is 10.9. The molecule has 0 aromatic heterocycles. The highest BCUT2D eigenvalue weighted by molar-refractivity contribution is 6.15. The van der Waals surface area contributed by atoms with Gasteiger partial charge < -0.3 is 4.74 Å². The van der Waals surface area contributed by atoms with Gasteiger partial charge in [-0.25, -0.2) is 4.79 Å². The van der Waals surface area contributed by atoms with Crippen LogP contribution in [0, 0.1) is 0 Å². The molecule has 0 radical (unpaired) electrons. The maximum Gasteiger partial charge on any atom is 0.338 e. The number of rotatable bonds is 4. The molecule has 2 aromatic carbocycles. The molecule has 0 fully saturated rings. The van der Waals surface area contributed by atoms with Crippen molar-refractivity contribution < 1.29 is 9.53 Å². The highest BCUT2D eigenvalue weighted by atomic mass is 16.5. The van der Waals surface area contributed by atoms with Crippen LogP contribution in [0.2, 0.25) is 0 Å². The van der Waals surface area contributed by atoms with Gasteiger partial charge in [-0.1, -0.05) is 55.1 Å². The fraction of sp³-hybridized carbons (Fsp3) is 0.118. The maximum atomic E-state index is 11.7. The molecule has 96 valence electrons. The summed E-state index contributed by atoms with van der Waals surface area (Å²) in [6.07, 6.45) is 0. The number of hydrogen-bond acceptors (Lipinski definition) is 2. The molecular formula is C17H16O2. The van der Waals surface area contributed by atoms with E-state index in [2.05, 4.69) is 6.58 Å². The summed E-state index contributed by atoms with van der Waals surface area (Å²) in [5.74, 6) is -0.368. The van der Waals surface area contributed by atoms with E-state index in [4.69, 9.17) is 4.74 Å². The first-order chi connectivity index (χ1) is 9.22. The van der Waals surface area contributed by atoms with Crippen molar-refractivity contribution in [1.82, 2.24) is 0 Å². The molecule has 0 unspecified atom stereocenters. The molecule has 0 heterocycles. The van der Waals surface area contributed by atoms with Crippen LogP contribution in [0.25, 0.3) is 16.7 Å². The van der Waals surface area contributed by atoms with Crippen molar-refractivity contribution in [3.63, 3.8) is 0 Å². The Morgan fingerprint density at radius 2 is 1.74 bits per heavy atom. The predicted octanol–water partition coefficient (Wildman–Crippen LogP) is 3.93. The van der Waals surface area contributed by atoms with Crippen molar-refractivity contribution in [3.05, 3.63) is 66.7 Å². The third-order valence-corrected chi connectivity index (χ3v) is 2.84. The molecule has 0 amide bonds. The normalized spacial score (nSPS) is 9.95. The first kappa shape index (κ1) is 13.1. The van der Waals surface area contributed by atoms with Crippen LogP contribution in [0.3, 0.4) is 0 Å². The fourth-order valence-electron chi connectivity index (χ4n) is 1.85. The van der Waals surface area contributed by atoms with Crippen molar-refractivity contribution in [2.75, 3.05) is 6.61 Å². The summed E-state index contributed by atoms with van der Waals surface area (Å²) in [4.78, 5) is 11.7. The second kappa shape index (κ2) is 6.01. The number of ether oxygens (including phenoxy) is 1. The molecule has 19 heavy (non-hydrogen) atoms.